The summed E-state index contributed by atoms with van der Waals surface area (Å²) >= 11 is 4.32. The molecule has 1 fully saturated rings. The Hall–Kier alpha value is -2.02. The summed E-state index contributed by atoms with van der Waals surface area (Å²) in [4.78, 5) is 22.6. The molecule has 1 aromatic carbocycles. The number of rotatable bonds is 2. The van der Waals surface area contributed by atoms with Crippen molar-refractivity contribution in [3.05, 3.63) is 51.7 Å². The zero-order valence-electron chi connectivity index (χ0n) is 10.0. The molecule has 1 N–H and O–H groups in total. The molecule has 98 valence electrons. The van der Waals surface area contributed by atoms with Gasteiger partial charge in [-0.25, -0.2) is 0 Å². The standard InChI is InChI=1S/C12H11N3O3S/c1-7-6-10(14-11(16)12(14,19)13-7)8-2-4-9(5-3-8)15(17)18/h2-6,10,13,19H,1H3. The fourth-order valence-electron chi connectivity index (χ4n) is 2.34. The van der Waals surface area contributed by atoms with E-state index >= 15 is 0 Å². The van der Waals surface area contributed by atoms with Gasteiger partial charge in [-0.2, -0.15) is 0 Å². The summed E-state index contributed by atoms with van der Waals surface area (Å²) in [6.07, 6.45) is 1.90. The number of nitrogens with one attached hydrogen (secondary N) is 1. The third kappa shape index (κ3) is 1.69. The predicted molar refractivity (Wildman–Crippen MR) is 71.3 cm³/mol. The number of thiol groups is 1. The number of hydrogen-bond acceptors (Lipinski definition) is 5. The van der Waals surface area contributed by atoms with E-state index in [-0.39, 0.29) is 17.6 Å². The first kappa shape index (κ1) is 12.0. The highest BCUT2D eigenvalue weighted by atomic mass is 32.1. The minimum absolute atomic E-state index is 0.0349. The Morgan fingerprint density at radius 2 is 2.05 bits per heavy atom. The molecule has 6 nitrogen and oxygen atoms in total. The maximum absolute atomic E-state index is 11.8. The van der Waals surface area contributed by atoms with Crippen LogP contribution in [0.5, 0.6) is 0 Å². The molecular formula is C12H11N3O3S. The van der Waals surface area contributed by atoms with Crippen molar-refractivity contribution in [2.45, 2.75) is 18.0 Å². The number of amides is 1. The topological polar surface area (TPSA) is 75.2 Å². The maximum Gasteiger partial charge on any atom is 0.283 e. The lowest BCUT2D eigenvalue weighted by Gasteiger charge is -2.25. The van der Waals surface area contributed by atoms with E-state index in [1.54, 1.807) is 17.0 Å². The smallest absolute Gasteiger partial charge is 0.283 e. The molecule has 2 aliphatic heterocycles. The molecule has 19 heavy (non-hydrogen) atoms. The largest absolute Gasteiger partial charge is 0.350 e. The van der Waals surface area contributed by atoms with E-state index in [1.165, 1.54) is 12.1 Å². The molecule has 0 bridgehead atoms. The maximum atomic E-state index is 11.8. The van der Waals surface area contributed by atoms with Crippen LogP contribution >= 0.6 is 12.6 Å². The van der Waals surface area contributed by atoms with Crippen molar-refractivity contribution in [3.63, 3.8) is 0 Å². The Balaban J connectivity index is 1.95. The lowest BCUT2D eigenvalue weighted by atomic mass is 10.0. The van der Waals surface area contributed by atoms with Gasteiger partial charge < -0.3 is 5.32 Å². The molecule has 0 aliphatic carbocycles. The number of hydrogen-bond donors (Lipinski definition) is 2. The second-order valence-electron chi connectivity index (χ2n) is 4.62. The van der Waals surface area contributed by atoms with Gasteiger partial charge in [0.25, 0.3) is 11.6 Å². The van der Waals surface area contributed by atoms with E-state index in [9.17, 15) is 14.9 Å². The average Bonchev–Trinajstić information content (AvgIpc) is 2.90. The minimum Gasteiger partial charge on any atom is -0.350 e. The number of benzene rings is 1. The predicted octanol–water partition coefficient (Wildman–Crippen LogP) is 1.57. The highest BCUT2D eigenvalue weighted by molar-refractivity contribution is 7.83. The first-order valence-corrected chi connectivity index (χ1v) is 6.15. The molecule has 2 unspecified atom stereocenters. The van der Waals surface area contributed by atoms with Crippen LogP contribution in [0, 0.1) is 10.1 Å². The van der Waals surface area contributed by atoms with Crippen molar-refractivity contribution < 1.29 is 9.72 Å². The minimum atomic E-state index is -0.925. The van der Waals surface area contributed by atoms with E-state index in [4.69, 9.17) is 0 Å². The van der Waals surface area contributed by atoms with Crippen molar-refractivity contribution >= 4 is 24.2 Å². The van der Waals surface area contributed by atoms with Crippen LogP contribution < -0.4 is 5.32 Å². The normalized spacial score (nSPS) is 28.3. The number of nitrogens with zero attached hydrogens (tertiary/aromatic N) is 2. The van der Waals surface area contributed by atoms with Gasteiger partial charge in [-0.05, 0) is 30.7 Å². The summed E-state index contributed by atoms with van der Waals surface area (Å²) in [6, 6.07) is 5.98. The third-order valence-electron chi connectivity index (χ3n) is 3.32. The molecule has 0 spiro atoms. The van der Waals surface area contributed by atoms with Crippen LogP contribution in [0.2, 0.25) is 0 Å². The van der Waals surface area contributed by atoms with Crippen molar-refractivity contribution in [1.82, 2.24) is 10.2 Å². The van der Waals surface area contributed by atoms with Crippen LogP contribution in [0.15, 0.2) is 36.0 Å². The zero-order valence-corrected chi connectivity index (χ0v) is 10.9. The van der Waals surface area contributed by atoms with Gasteiger partial charge in [0.1, 0.15) is 0 Å². The van der Waals surface area contributed by atoms with Crippen molar-refractivity contribution in [1.29, 1.82) is 0 Å². The highest BCUT2D eigenvalue weighted by Gasteiger charge is 2.65. The molecule has 1 amide bonds. The highest BCUT2D eigenvalue weighted by Crippen LogP contribution is 2.47. The van der Waals surface area contributed by atoms with Gasteiger partial charge in [-0.1, -0.05) is 0 Å². The molecule has 7 heteroatoms. The van der Waals surface area contributed by atoms with Gasteiger partial charge in [0.05, 0.1) is 11.0 Å². The molecule has 0 saturated carbocycles. The lowest BCUT2D eigenvalue weighted by molar-refractivity contribution is -0.384. The van der Waals surface area contributed by atoms with E-state index in [2.05, 4.69) is 17.9 Å². The fourth-order valence-corrected chi connectivity index (χ4v) is 2.79. The molecule has 0 aromatic heterocycles. The number of non-ortho nitro benzene ring substituents is 1. The molecule has 2 heterocycles. The van der Waals surface area contributed by atoms with Crippen molar-refractivity contribution in [2.24, 2.45) is 0 Å². The van der Waals surface area contributed by atoms with Crippen molar-refractivity contribution in [3.8, 4) is 0 Å². The summed E-state index contributed by atoms with van der Waals surface area (Å²) < 4.78 is 0. The Morgan fingerprint density at radius 3 is 2.63 bits per heavy atom. The van der Waals surface area contributed by atoms with Crippen LogP contribution in [0.25, 0.3) is 0 Å². The number of fused-ring (bicyclic) bond motifs is 1. The van der Waals surface area contributed by atoms with Crippen LogP contribution in [0.4, 0.5) is 5.69 Å². The summed E-state index contributed by atoms with van der Waals surface area (Å²) in [5.74, 6) is -0.0905. The molecule has 2 aliphatic rings. The molecular weight excluding hydrogens is 266 g/mol. The molecule has 2 atom stereocenters. The second kappa shape index (κ2) is 3.74. The van der Waals surface area contributed by atoms with Crippen LogP contribution in [0.3, 0.4) is 0 Å². The van der Waals surface area contributed by atoms with E-state index in [1.807, 2.05) is 13.0 Å². The van der Waals surface area contributed by atoms with Gasteiger partial charge in [0, 0.05) is 17.8 Å². The van der Waals surface area contributed by atoms with E-state index < -0.39 is 9.92 Å². The van der Waals surface area contributed by atoms with E-state index in [0.29, 0.717) is 0 Å². The summed E-state index contributed by atoms with van der Waals surface area (Å²) in [7, 11) is 0. The Labute approximate surface area is 114 Å². The number of carbonyl (C=O) groups is 1. The number of nitro benzene ring substituents is 1. The molecule has 1 saturated heterocycles. The van der Waals surface area contributed by atoms with Crippen LogP contribution in [-0.2, 0) is 4.79 Å². The summed E-state index contributed by atoms with van der Waals surface area (Å²) in [5.41, 5.74) is 1.73. The zero-order chi connectivity index (χ0) is 13.8. The number of nitro groups is 1. The molecule has 3 rings (SSSR count). The van der Waals surface area contributed by atoms with Gasteiger partial charge in [0.15, 0.2) is 0 Å². The quantitative estimate of drug-likeness (QED) is 0.372. The van der Waals surface area contributed by atoms with Crippen LogP contribution in [-0.4, -0.2) is 20.7 Å². The average molecular weight is 277 g/mol. The second-order valence-corrected chi connectivity index (χ2v) is 5.26. The van der Waals surface area contributed by atoms with Crippen molar-refractivity contribution in [2.75, 3.05) is 0 Å². The number of allylic oxidation sites excluding steroid dienone is 1. The summed E-state index contributed by atoms with van der Waals surface area (Å²) in [5, 5.41) is 13.6. The monoisotopic (exact) mass is 277 g/mol. The van der Waals surface area contributed by atoms with Gasteiger partial charge in [0.2, 0.25) is 4.99 Å². The fraction of sp³-hybridized carbons (Fsp3) is 0.250. The SMILES string of the molecule is CC1=CC(c2ccc([N+](=O)[O-])cc2)N2C(=O)C2(S)N1. The third-order valence-corrected chi connectivity index (χ3v) is 3.84. The number of carbonyl (C=O) groups excluding carboxylic acids is 1. The van der Waals surface area contributed by atoms with Crippen LogP contribution in [0.1, 0.15) is 18.5 Å². The Kier molecular flexibility index (Phi) is 2.37. The molecule has 0 radical (unpaired) electrons. The first-order chi connectivity index (χ1) is 8.93. The lowest BCUT2D eigenvalue weighted by Crippen LogP contribution is -2.35. The summed E-state index contributed by atoms with van der Waals surface area (Å²) in [6.45, 7) is 1.86. The first-order valence-electron chi connectivity index (χ1n) is 5.70. The Bertz CT molecular complexity index is 613. The molecule has 1 aromatic rings. The van der Waals surface area contributed by atoms with Gasteiger partial charge in [-0.15, -0.1) is 12.6 Å². The van der Waals surface area contributed by atoms with Gasteiger partial charge >= 0.3 is 0 Å². The van der Waals surface area contributed by atoms with Gasteiger partial charge in [-0.3, -0.25) is 19.8 Å². The van der Waals surface area contributed by atoms with E-state index in [0.717, 1.165) is 11.3 Å². The Morgan fingerprint density at radius 1 is 1.42 bits per heavy atom.